The number of thiophene rings is 1. The third-order valence-electron chi connectivity index (χ3n) is 4.31. The van der Waals surface area contributed by atoms with E-state index in [9.17, 15) is 4.79 Å². The highest BCUT2D eigenvalue weighted by atomic mass is 35.5. The van der Waals surface area contributed by atoms with Crippen LogP contribution in [0.3, 0.4) is 0 Å². The summed E-state index contributed by atoms with van der Waals surface area (Å²) in [7, 11) is 0. The summed E-state index contributed by atoms with van der Waals surface area (Å²) in [6.07, 6.45) is 1.70. The van der Waals surface area contributed by atoms with Gasteiger partial charge in [0.25, 0.3) is 0 Å². The fraction of sp³-hybridized carbons (Fsp3) is 0.421. The van der Waals surface area contributed by atoms with E-state index in [0.29, 0.717) is 5.92 Å². The van der Waals surface area contributed by atoms with Crippen LogP contribution in [-0.2, 0) is 11.2 Å². The van der Waals surface area contributed by atoms with E-state index in [2.05, 4.69) is 38.2 Å². The zero-order valence-corrected chi connectivity index (χ0v) is 15.3. The minimum Gasteiger partial charge on any atom is -0.351 e. The lowest BCUT2D eigenvalue weighted by atomic mass is 9.94. The van der Waals surface area contributed by atoms with Crippen LogP contribution in [0.1, 0.15) is 41.5 Å². The average molecular weight is 348 g/mol. The van der Waals surface area contributed by atoms with E-state index in [1.165, 1.54) is 9.75 Å². The molecule has 2 unspecified atom stereocenters. The maximum Gasteiger partial charge on any atom is 0.224 e. The Kier molecular flexibility index (Phi) is 4.52. The second kappa shape index (κ2) is 6.29. The Hall–Kier alpha value is -1.32. The standard InChI is InChI=1S/C19H22ClNOS/c1-12-8-9-17(23-12)14-10-15(14)18(22)21-19(2,3)11-13-6-4-5-7-16(13)20/h4-9,14-15H,10-11H2,1-3H3,(H,21,22). The van der Waals surface area contributed by atoms with Crippen molar-refractivity contribution in [1.82, 2.24) is 5.32 Å². The zero-order valence-electron chi connectivity index (χ0n) is 13.7. The van der Waals surface area contributed by atoms with E-state index in [4.69, 9.17) is 11.6 Å². The van der Waals surface area contributed by atoms with Gasteiger partial charge >= 0.3 is 0 Å². The second-order valence-electron chi connectivity index (χ2n) is 7.04. The van der Waals surface area contributed by atoms with Gasteiger partial charge in [0.2, 0.25) is 5.91 Å². The number of hydrogen-bond donors (Lipinski definition) is 1. The van der Waals surface area contributed by atoms with Crippen LogP contribution < -0.4 is 5.32 Å². The molecule has 2 atom stereocenters. The molecule has 23 heavy (non-hydrogen) atoms. The summed E-state index contributed by atoms with van der Waals surface area (Å²) in [5.74, 6) is 0.696. The largest absolute Gasteiger partial charge is 0.351 e. The molecule has 0 saturated heterocycles. The number of hydrogen-bond acceptors (Lipinski definition) is 2. The molecular weight excluding hydrogens is 326 g/mol. The van der Waals surface area contributed by atoms with Crippen molar-refractivity contribution < 1.29 is 4.79 Å². The van der Waals surface area contributed by atoms with Crippen LogP contribution >= 0.6 is 22.9 Å². The summed E-state index contributed by atoms with van der Waals surface area (Å²) in [4.78, 5) is 15.2. The van der Waals surface area contributed by atoms with Crippen LogP contribution in [0.15, 0.2) is 36.4 Å². The van der Waals surface area contributed by atoms with E-state index in [0.717, 1.165) is 23.4 Å². The molecular formula is C19H22ClNOS. The summed E-state index contributed by atoms with van der Waals surface area (Å²) < 4.78 is 0. The maximum absolute atomic E-state index is 12.5. The first-order valence-electron chi connectivity index (χ1n) is 7.97. The van der Waals surface area contributed by atoms with Gasteiger partial charge in [-0.3, -0.25) is 4.79 Å². The van der Waals surface area contributed by atoms with Crippen LogP contribution in [0.2, 0.25) is 5.02 Å². The first-order chi connectivity index (χ1) is 10.9. The summed E-state index contributed by atoms with van der Waals surface area (Å²) >= 11 is 8.04. The van der Waals surface area contributed by atoms with Crippen LogP contribution in [0.5, 0.6) is 0 Å². The van der Waals surface area contributed by atoms with Crippen molar-refractivity contribution in [2.75, 3.05) is 0 Å². The van der Waals surface area contributed by atoms with Crippen LogP contribution in [0.25, 0.3) is 0 Å². The minimum absolute atomic E-state index is 0.124. The molecule has 0 aliphatic heterocycles. The highest BCUT2D eigenvalue weighted by Crippen LogP contribution is 2.49. The molecule has 1 fully saturated rings. The van der Waals surface area contributed by atoms with Gasteiger partial charge in [0, 0.05) is 32.2 Å². The molecule has 1 aliphatic carbocycles. The van der Waals surface area contributed by atoms with Gasteiger partial charge in [-0.1, -0.05) is 29.8 Å². The Morgan fingerprint density at radius 3 is 2.70 bits per heavy atom. The smallest absolute Gasteiger partial charge is 0.224 e. The number of nitrogens with one attached hydrogen (secondary N) is 1. The molecule has 1 N–H and O–H groups in total. The van der Waals surface area contributed by atoms with Gasteiger partial charge in [-0.05, 0) is 57.4 Å². The van der Waals surface area contributed by atoms with Crippen LogP contribution in [0.4, 0.5) is 0 Å². The van der Waals surface area contributed by atoms with E-state index in [1.807, 2.05) is 24.3 Å². The Morgan fingerprint density at radius 2 is 2.04 bits per heavy atom. The van der Waals surface area contributed by atoms with Crippen LogP contribution in [-0.4, -0.2) is 11.4 Å². The fourth-order valence-electron chi connectivity index (χ4n) is 3.04. The lowest BCUT2D eigenvalue weighted by Crippen LogP contribution is -2.46. The highest BCUT2D eigenvalue weighted by molar-refractivity contribution is 7.12. The molecule has 1 saturated carbocycles. The molecule has 122 valence electrons. The molecule has 1 amide bonds. The molecule has 4 heteroatoms. The number of amides is 1. The summed E-state index contributed by atoms with van der Waals surface area (Å²) in [6.45, 7) is 6.22. The fourth-order valence-corrected chi connectivity index (χ4v) is 4.30. The van der Waals surface area contributed by atoms with Crippen molar-refractivity contribution in [2.24, 2.45) is 5.92 Å². The Morgan fingerprint density at radius 1 is 1.30 bits per heavy atom. The van der Waals surface area contributed by atoms with Gasteiger partial charge in [0.05, 0.1) is 0 Å². The molecule has 1 aromatic carbocycles. The predicted molar refractivity (Wildman–Crippen MR) is 97.3 cm³/mol. The lowest BCUT2D eigenvalue weighted by molar-refractivity contribution is -0.124. The topological polar surface area (TPSA) is 29.1 Å². The van der Waals surface area contributed by atoms with E-state index in [-0.39, 0.29) is 17.4 Å². The van der Waals surface area contributed by atoms with Crippen LogP contribution in [0, 0.1) is 12.8 Å². The van der Waals surface area contributed by atoms with Crippen molar-refractivity contribution in [2.45, 2.75) is 45.1 Å². The number of aryl methyl sites for hydroxylation is 1. The zero-order chi connectivity index (χ0) is 16.6. The maximum atomic E-state index is 12.5. The Balaban J connectivity index is 1.60. The molecule has 2 aromatic rings. The first-order valence-corrected chi connectivity index (χ1v) is 9.17. The molecule has 1 aromatic heterocycles. The number of carbonyl (C=O) groups is 1. The van der Waals surface area contributed by atoms with Crippen molar-refractivity contribution in [1.29, 1.82) is 0 Å². The normalized spacial score (nSPS) is 20.3. The SMILES string of the molecule is Cc1ccc(C2CC2C(=O)NC(C)(C)Cc2ccccc2Cl)s1. The molecule has 1 aliphatic rings. The van der Waals surface area contributed by atoms with Gasteiger partial charge in [0.15, 0.2) is 0 Å². The lowest BCUT2D eigenvalue weighted by Gasteiger charge is -2.27. The molecule has 3 rings (SSSR count). The summed E-state index contributed by atoms with van der Waals surface area (Å²) in [6, 6.07) is 12.1. The summed E-state index contributed by atoms with van der Waals surface area (Å²) in [5.41, 5.74) is 0.765. The van der Waals surface area contributed by atoms with E-state index < -0.39 is 0 Å². The number of halogens is 1. The number of carbonyl (C=O) groups excluding carboxylic acids is 1. The first kappa shape index (κ1) is 16.5. The Bertz CT molecular complexity index is 722. The predicted octanol–water partition coefficient (Wildman–Crippen LogP) is 4.95. The quantitative estimate of drug-likeness (QED) is 0.814. The molecule has 1 heterocycles. The third-order valence-corrected chi connectivity index (χ3v) is 5.81. The molecule has 2 nitrogen and oxygen atoms in total. The van der Waals surface area contributed by atoms with Crippen molar-refractivity contribution in [3.05, 3.63) is 56.7 Å². The summed E-state index contributed by atoms with van der Waals surface area (Å²) in [5, 5.41) is 3.97. The van der Waals surface area contributed by atoms with Crippen molar-refractivity contribution in [3.8, 4) is 0 Å². The van der Waals surface area contributed by atoms with Gasteiger partial charge in [-0.2, -0.15) is 0 Å². The highest BCUT2D eigenvalue weighted by Gasteiger charge is 2.45. The van der Waals surface area contributed by atoms with Gasteiger partial charge in [0.1, 0.15) is 0 Å². The van der Waals surface area contributed by atoms with Gasteiger partial charge in [-0.15, -0.1) is 11.3 Å². The number of benzene rings is 1. The monoisotopic (exact) mass is 347 g/mol. The van der Waals surface area contributed by atoms with Crippen molar-refractivity contribution in [3.63, 3.8) is 0 Å². The van der Waals surface area contributed by atoms with E-state index in [1.54, 1.807) is 11.3 Å². The van der Waals surface area contributed by atoms with Gasteiger partial charge < -0.3 is 5.32 Å². The van der Waals surface area contributed by atoms with Crippen molar-refractivity contribution >= 4 is 28.8 Å². The Labute approximate surface area is 146 Å². The molecule has 0 radical (unpaired) electrons. The van der Waals surface area contributed by atoms with Gasteiger partial charge in [-0.25, -0.2) is 0 Å². The average Bonchev–Trinajstić information content (AvgIpc) is 3.16. The van der Waals surface area contributed by atoms with E-state index >= 15 is 0 Å². The third kappa shape index (κ3) is 3.96. The second-order valence-corrected chi connectivity index (χ2v) is 8.77. The molecule has 0 spiro atoms. The molecule has 0 bridgehead atoms. The number of rotatable bonds is 5. The minimum atomic E-state index is -0.305.